The number of rotatable bonds is 2. The Morgan fingerprint density at radius 3 is 2.94 bits per heavy atom. The van der Waals surface area contributed by atoms with Crippen molar-refractivity contribution in [3.63, 3.8) is 0 Å². The molecule has 0 saturated carbocycles. The van der Waals surface area contributed by atoms with Crippen LogP contribution in [0.2, 0.25) is 0 Å². The molecule has 96 valence electrons. The van der Waals surface area contributed by atoms with Crippen LogP contribution in [0.4, 0.5) is 11.5 Å². The second-order valence-electron chi connectivity index (χ2n) is 5.58. The molecule has 3 N–H and O–H groups in total. The monoisotopic (exact) mass is 244 g/mol. The van der Waals surface area contributed by atoms with Crippen LogP contribution in [0.1, 0.15) is 17.7 Å². The van der Waals surface area contributed by atoms with Crippen molar-refractivity contribution < 1.29 is 0 Å². The molecule has 0 radical (unpaired) electrons. The maximum Gasteiger partial charge on any atom is 0.152 e. The first-order chi connectivity index (χ1) is 8.63. The van der Waals surface area contributed by atoms with Gasteiger partial charge in [-0.15, -0.1) is 0 Å². The quantitative estimate of drug-likeness (QED) is 0.826. The van der Waals surface area contributed by atoms with Crippen molar-refractivity contribution in [2.24, 2.45) is 5.41 Å². The van der Waals surface area contributed by atoms with E-state index < -0.39 is 0 Å². The van der Waals surface area contributed by atoms with Gasteiger partial charge in [0.1, 0.15) is 0 Å². The average Bonchev–Trinajstić information content (AvgIpc) is 2.79. The zero-order valence-corrected chi connectivity index (χ0v) is 10.9. The highest BCUT2D eigenvalue weighted by molar-refractivity contribution is 5.76. The van der Waals surface area contributed by atoms with Crippen LogP contribution in [-0.4, -0.2) is 31.2 Å². The van der Waals surface area contributed by atoms with Gasteiger partial charge in [-0.3, -0.25) is 0 Å². The van der Waals surface area contributed by atoms with Crippen molar-refractivity contribution in [2.45, 2.75) is 13.3 Å². The number of hydrogen-bond acceptors (Lipinski definition) is 4. The van der Waals surface area contributed by atoms with Gasteiger partial charge in [-0.1, -0.05) is 12.7 Å². The molecule has 1 aromatic heterocycles. The fraction of sp³-hybridized carbons (Fsp3) is 0.500. The summed E-state index contributed by atoms with van der Waals surface area (Å²) in [5.74, 6) is 0.933. The Balaban J connectivity index is 1.85. The van der Waals surface area contributed by atoms with Crippen molar-refractivity contribution in [3.8, 4) is 0 Å². The highest BCUT2D eigenvalue weighted by Gasteiger charge is 2.45. The van der Waals surface area contributed by atoms with Gasteiger partial charge < -0.3 is 16.0 Å². The van der Waals surface area contributed by atoms with Crippen LogP contribution in [0, 0.1) is 12.3 Å². The first-order valence-electron chi connectivity index (χ1n) is 6.49. The van der Waals surface area contributed by atoms with E-state index in [1.807, 2.05) is 13.0 Å². The molecule has 0 unspecified atom stereocenters. The van der Waals surface area contributed by atoms with E-state index >= 15 is 0 Å². The number of aromatic nitrogens is 1. The van der Waals surface area contributed by atoms with Crippen molar-refractivity contribution in [1.82, 2.24) is 10.3 Å². The minimum Gasteiger partial charge on any atom is -0.395 e. The van der Waals surface area contributed by atoms with Crippen LogP contribution in [0.3, 0.4) is 0 Å². The summed E-state index contributed by atoms with van der Waals surface area (Å²) in [6.45, 7) is 10.2. The Morgan fingerprint density at radius 1 is 1.56 bits per heavy atom. The Labute approximate surface area is 108 Å². The Bertz CT molecular complexity index is 481. The van der Waals surface area contributed by atoms with E-state index in [1.54, 1.807) is 6.08 Å². The van der Waals surface area contributed by atoms with Gasteiger partial charge in [-0.25, -0.2) is 4.98 Å². The fourth-order valence-corrected chi connectivity index (χ4v) is 3.08. The number of aryl methyl sites for hydroxylation is 1. The van der Waals surface area contributed by atoms with Crippen molar-refractivity contribution in [2.75, 3.05) is 36.8 Å². The zero-order chi connectivity index (χ0) is 12.8. The van der Waals surface area contributed by atoms with E-state index in [-0.39, 0.29) is 0 Å². The molecule has 0 amide bonds. The van der Waals surface area contributed by atoms with Crippen molar-refractivity contribution in [1.29, 1.82) is 0 Å². The van der Waals surface area contributed by atoms with Crippen LogP contribution in [0.5, 0.6) is 0 Å². The Hall–Kier alpha value is -1.55. The molecule has 2 saturated heterocycles. The predicted molar refractivity (Wildman–Crippen MR) is 75.6 cm³/mol. The highest BCUT2D eigenvalue weighted by atomic mass is 15.3. The lowest BCUT2D eigenvalue weighted by Crippen LogP contribution is -2.58. The molecule has 4 nitrogen and oxygen atoms in total. The Kier molecular flexibility index (Phi) is 2.55. The summed E-state index contributed by atoms with van der Waals surface area (Å²) in [6, 6.07) is 1.98. The molecule has 2 aliphatic heterocycles. The van der Waals surface area contributed by atoms with Crippen LogP contribution in [0.25, 0.3) is 6.08 Å². The summed E-state index contributed by atoms with van der Waals surface area (Å²) >= 11 is 0. The number of nitrogens with one attached hydrogen (secondary N) is 1. The lowest BCUT2D eigenvalue weighted by atomic mass is 9.79. The molecule has 2 fully saturated rings. The summed E-state index contributed by atoms with van der Waals surface area (Å²) in [4.78, 5) is 6.88. The zero-order valence-electron chi connectivity index (χ0n) is 10.9. The highest BCUT2D eigenvalue weighted by Crippen LogP contribution is 2.40. The third-order valence-corrected chi connectivity index (χ3v) is 4.10. The molecular weight excluding hydrogens is 224 g/mol. The summed E-state index contributed by atoms with van der Waals surface area (Å²) in [5.41, 5.74) is 9.38. The number of nitrogen functional groups attached to an aromatic ring is 1. The molecule has 0 atom stereocenters. The van der Waals surface area contributed by atoms with E-state index in [2.05, 4.69) is 21.8 Å². The molecule has 18 heavy (non-hydrogen) atoms. The molecular formula is C14H20N4. The Morgan fingerprint density at radius 2 is 2.33 bits per heavy atom. The SMILES string of the molecule is C=Cc1cc(C)nc(N2CC3(CCNC3)C2)c1N. The van der Waals surface area contributed by atoms with E-state index in [9.17, 15) is 0 Å². The molecule has 0 bridgehead atoms. The number of hydrogen-bond donors (Lipinski definition) is 2. The van der Waals surface area contributed by atoms with Gasteiger partial charge in [-0.05, 0) is 26.0 Å². The van der Waals surface area contributed by atoms with Crippen molar-refractivity contribution in [3.05, 3.63) is 23.9 Å². The predicted octanol–water partition coefficient (Wildman–Crippen LogP) is 1.41. The third kappa shape index (κ3) is 1.68. The van der Waals surface area contributed by atoms with Gasteiger partial charge in [-0.2, -0.15) is 0 Å². The average molecular weight is 244 g/mol. The number of pyridine rings is 1. The minimum absolute atomic E-state index is 0.464. The molecule has 0 aliphatic carbocycles. The fourth-order valence-electron chi connectivity index (χ4n) is 3.08. The van der Waals surface area contributed by atoms with Crippen LogP contribution in [-0.2, 0) is 0 Å². The van der Waals surface area contributed by atoms with E-state index in [1.165, 1.54) is 6.42 Å². The van der Waals surface area contributed by atoms with Gasteiger partial charge in [0, 0.05) is 36.3 Å². The normalized spacial score (nSPS) is 21.1. The van der Waals surface area contributed by atoms with Gasteiger partial charge in [0.05, 0.1) is 5.69 Å². The van der Waals surface area contributed by atoms with Gasteiger partial charge in [0.2, 0.25) is 0 Å². The summed E-state index contributed by atoms with van der Waals surface area (Å²) in [6.07, 6.45) is 3.07. The molecule has 2 aliphatic rings. The van der Waals surface area contributed by atoms with E-state index in [0.29, 0.717) is 5.41 Å². The van der Waals surface area contributed by atoms with Gasteiger partial charge >= 0.3 is 0 Å². The number of nitrogens with zero attached hydrogens (tertiary/aromatic N) is 2. The molecule has 0 aromatic carbocycles. The van der Waals surface area contributed by atoms with Gasteiger partial charge in [0.25, 0.3) is 0 Å². The molecule has 3 rings (SSSR count). The maximum atomic E-state index is 6.17. The van der Waals surface area contributed by atoms with Crippen molar-refractivity contribution >= 4 is 17.6 Å². The minimum atomic E-state index is 0.464. The second kappa shape index (κ2) is 3.99. The third-order valence-electron chi connectivity index (χ3n) is 4.10. The largest absolute Gasteiger partial charge is 0.395 e. The smallest absolute Gasteiger partial charge is 0.152 e. The lowest BCUT2D eigenvalue weighted by Gasteiger charge is -2.48. The summed E-state index contributed by atoms with van der Waals surface area (Å²) < 4.78 is 0. The van der Waals surface area contributed by atoms with Crippen LogP contribution in [0.15, 0.2) is 12.6 Å². The van der Waals surface area contributed by atoms with E-state index in [0.717, 1.165) is 48.9 Å². The van der Waals surface area contributed by atoms with Gasteiger partial charge in [0.15, 0.2) is 5.82 Å². The van der Waals surface area contributed by atoms with Crippen LogP contribution < -0.4 is 16.0 Å². The molecule has 1 aromatic rings. The standard InChI is InChI=1S/C14H20N4/c1-3-11-6-10(2)17-13(12(11)15)18-8-14(9-18)4-5-16-7-14/h3,6,16H,1,4-5,7-9,15H2,2H3. The second-order valence-corrected chi connectivity index (χ2v) is 5.58. The summed E-state index contributed by atoms with van der Waals surface area (Å²) in [7, 11) is 0. The topological polar surface area (TPSA) is 54.2 Å². The molecule has 1 spiro atoms. The first-order valence-corrected chi connectivity index (χ1v) is 6.49. The summed E-state index contributed by atoms with van der Waals surface area (Å²) in [5, 5.41) is 3.44. The number of nitrogens with two attached hydrogens (primary N) is 1. The number of anilines is 2. The van der Waals surface area contributed by atoms with E-state index in [4.69, 9.17) is 5.73 Å². The maximum absolute atomic E-state index is 6.17. The molecule has 4 heteroatoms. The molecule has 3 heterocycles. The first kappa shape index (κ1) is 11.5. The lowest BCUT2D eigenvalue weighted by molar-refractivity contribution is 0.242. The van der Waals surface area contributed by atoms with Crippen LogP contribution >= 0.6 is 0 Å².